The van der Waals surface area contributed by atoms with Gasteiger partial charge in [0.2, 0.25) is 5.91 Å². The van der Waals surface area contributed by atoms with Crippen molar-refractivity contribution >= 4 is 23.2 Å². The maximum absolute atomic E-state index is 11.9. The summed E-state index contributed by atoms with van der Waals surface area (Å²) in [6.45, 7) is 3.92. The lowest BCUT2D eigenvalue weighted by Crippen LogP contribution is -2.15. The van der Waals surface area contributed by atoms with Crippen molar-refractivity contribution in [2.75, 3.05) is 5.32 Å². The number of halogens is 1. The van der Waals surface area contributed by atoms with Crippen molar-refractivity contribution in [1.29, 1.82) is 0 Å². The zero-order valence-electron chi connectivity index (χ0n) is 10.9. The van der Waals surface area contributed by atoms with Crippen molar-refractivity contribution in [3.8, 4) is 0 Å². The van der Waals surface area contributed by atoms with Crippen molar-refractivity contribution in [2.24, 2.45) is 0 Å². The van der Waals surface area contributed by atoms with Gasteiger partial charge >= 0.3 is 0 Å². The molecule has 0 aliphatic rings. The highest BCUT2D eigenvalue weighted by Gasteiger charge is 2.08. The summed E-state index contributed by atoms with van der Waals surface area (Å²) in [5, 5.41) is 3.09. The molecule has 0 spiro atoms. The van der Waals surface area contributed by atoms with Crippen LogP contribution in [0.15, 0.2) is 36.5 Å². The molecule has 0 saturated carbocycles. The summed E-state index contributed by atoms with van der Waals surface area (Å²) in [4.78, 5) is 15.9. The van der Waals surface area contributed by atoms with E-state index in [2.05, 4.69) is 10.3 Å². The number of benzene rings is 1. The van der Waals surface area contributed by atoms with E-state index in [-0.39, 0.29) is 5.91 Å². The van der Waals surface area contributed by atoms with Crippen LogP contribution >= 0.6 is 11.6 Å². The van der Waals surface area contributed by atoms with Crippen LogP contribution < -0.4 is 5.32 Å². The van der Waals surface area contributed by atoms with Crippen molar-refractivity contribution in [2.45, 2.75) is 20.3 Å². The van der Waals surface area contributed by atoms with Gasteiger partial charge in [-0.3, -0.25) is 4.79 Å². The third kappa shape index (κ3) is 3.80. The molecule has 0 atom stereocenters. The molecule has 2 aromatic rings. The van der Waals surface area contributed by atoms with Gasteiger partial charge in [-0.15, -0.1) is 0 Å². The average Bonchev–Trinajstić information content (AvgIpc) is 2.37. The molecule has 1 heterocycles. The summed E-state index contributed by atoms with van der Waals surface area (Å²) in [5.74, 6) is -0.0989. The number of aryl methyl sites for hydroxylation is 2. The lowest BCUT2D eigenvalue weighted by atomic mass is 10.1. The van der Waals surface area contributed by atoms with E-state index in [4.69, 9.17) is 11.6 Å². The SMILES string of the molecule is Cc1ccc(CC(=O)Nc2cc(C)cnc2Cl)cc1. The summed E-state index contributed by atoms with van der Waals surface area (Å²) >= 11 is 5.94. The molecular weight excluding hydrogens is 260 g/mol. The Balaban J connectivity index is 2.05. The fourth-order valence-electron chi connectivity index (χ4n) is 1.73. The minimum absolute atomic E-state index is 0.0989. The van der Waals surface area contributed by atoms with Gasteiger partial charge in [-0.25, -0.2) is 4.98 Å². The van der Waals surface area contributed by atoms with Gasteiger partial charge in [0.15, 0.2) is 5.15 Å². The Bertz CT molecular complexity index is 594. The first-order valence-electron chi connectivity index (χ1n) is 6.02. The number of nitrogens with zero attached hydrogens (tertiary/aromatic N) is 1. The molecule has 1 aromatic carbocycles. The Morgan fingerprint density at radius 2 is 1.89 bits per heavy atom. The van der Waals surface area contributed by atoms with Gasteiger partial charge in [0, 0.05) is 6.20 Å². The molecule has 0 fully saturated rings. The van der Waals surface area contributed by atoms with Crippen LogP contribution in [0.1, 0.15) is 16.7 Å². The topological polar surface area (TPSA) is 42.0 Å². The number of hydrogen-bond acceptors (Lipinski definition) is 2. The maximum Gasteiger partial charge on any atom is 0.228 e. The Morgan fingerprint density at radius 1 is 1.21 bits per heavy atom. The van der Waals surface area contributed by atoms with E-state index < -0.39 is 0 Å². The standard InChI is InChI=1S/C15H15ClN2O/c1-10-3-5-12(6-4-10)8-14(19)18-13-7-11(2)9-17-15(13)16/h3-7,9H,8H2,1-2H3,(H,18,19). The Hall–Kier alpha value is -1.87. The first-order valence-corrected chi connectivity index (χ1v) is 6.40. The average molecular weight is 275 g/mol. The molecule has 2 rings (SSSR count). The van der Waals surface area contributed by atoms with Gasteiger partial charge in [0.25, 0.3) is 0 Å². The van der Waals surface area contributed by atoms with Crippen molar-refractivity contribution in [3.63, 3.8) is 0 Å². The lowest BCUT2D eigenvalue weighted by molar-refractivity contribution is -0.115. The number of carbonyl (C=O) groups is 1. The lowest BCUT2D eigenvalue weighted by Gasteiger charge is -2.07. The molecule has 3 nitrogen and oxygen atoms in total. The number of pyridine rings is 1. The molecule has 0 aliphatic carbocycles. The monoisotopic (exact) mass is 274 g/mol. The van der Waals surface area contributed by atoms with E-state index in [1.807, 2.05) is 44.2 Å². The second-order valence-electron chi connectivity index (χ2n) is 4.56. The highest BCUT2D eigenvalue weighted by Crippen LogP contribution is 2.20. The number of nitrogens with one attached hydrogen (secondary N) is 1. The highest BCUT2D eigenvalue weighted by atomic mass is 35.5. The molecular formula is C15H15ClN2O. The van der Waals surface area contributed by atoms with Crippen molar-refractivity contribution in [1.82, 2.24) is 4.98 Å². The summed E-state index contributed by atoms with van der Waals surface area (Å²) in [5.41, 5.74) is 3.66. The molecule has 0 aliphatic heterocycles. The number of carbonyl (C=O) groups excluding carboxylic acids is 1. The first-order chi connectivity index (χ1) is 9.04. The van der Waals surface area contributed by atoms with E-state index in [9.17, 15) is 4.79 Å². The Labute approximate surface area is 117 Å². The van der Waals surface area contributed by atoms with Crippen LogP contribution in [-0.4, -0.2) is 10.9 Å². The van der Waals surface area contributed by atoms with Crippen LogP contribution in [-0.2, 0) is 11.2 Å². The predicted molar refractivity (Wildman–Crippen MR) is 77.5 cm³/mol. The van der Waals surface area contributed by atoms with Crippen LogP contribution in [0.25, 0.3) is 0 Å². The number of amides is 1. The number of aromatic nitrogens is 1. The number of rotatable bonds is 3. The van der Waals surface area contributed by atoms with E-state index in [0.717, 1.165) is 11.1 Å². The van der Waals surface area contributed by atoms with Crippen LogP contribution in [0, 0.1) is 13.8 Å². The fraction of sp³-hybridized carbons (Fsp3) is 0.200. The normalized spacial score (nSPS) is 10.3. The number of anilines is 1. The van der Waals surface area contributed by atoms with Gasteiger partial charge in [-0.05, 0) is 31.0 Å². The van der Waals surface area contributed by atoms with E-state index in [0.29, 0.717) is 17.3 Å². The highest BCUT2D eigenvalue weighted by molar-refractivity contribution is 6.32. The van der Waals surface area contributed by atoms with E-state index >= 15 is 0 Å². The second-order valence-corrected chi connectivity index (χ2v) is 4.92. The third-order valence-electron chi connectivity index (χ3n) is 2.74. The molecule has 4 heteroatoms. The van der Waals surface area contributed by atoms with E-state index in [1.165, 1.54) is 5.56 Å². The molecule has 0 radical (unpaired) electrons. The Morgan fingerprint density at radius 3 is 2.58 bits per heavy atom. The minimum atomic E-state index is -0.0989. The zero-order valence-corrected chi connectivity index (χ0v) is 11.7. The van der Waals surface area contributed by atoms with Gasteiger partial charge in [0.05, 0.1) is 12.1 Å². The first kappa shape index (κ1) is 13.6. The smallest absolute Gasteiger partial charge is 0.228 e. The van der Waals surface area contributed by atoms with E-state index in [1.54, 1.807) is 6.20 Å². The van der Waals surface area contributed by atoms with Crippen LogP contribution in [0.3, 0.4) is 0 Å². The van der Waals surface area contributed by atoms with Gasteiger partial charge in [0.1, 0.15) is 0 Å². The summed E-state index contributed by atoms with van der Waals surface area (Å²) in [7, 11) is 0. The minimum Gasteiger partial charge on any atom is -0.323 e. The largest absolute Gasteiger partial charge is 0.323 e. The molecule has 1 amide bonds. The Kier molecular flexibility index (Phi) is 4.17. The predicted octanol–water partition coefficient (Wildman–Crippen LogP) is 3.53. The van der Waals surface area contributed by atoms with Gasteiger partial charge in [-0.1, -0.05) is 41.4 Å². The fourth-order valence-corrected chi connectivity index (χ4v) is 1.88. The zero-order chi connectivity index (χ0) is 13.8. The van der Waals surface area contributed by atoms with Crippen molar-refractivity contribution < 1.29 is 4.79 Å². The summed E-state index contributed by atoms with van der Waals surface area (Å²) in [6.07, 6.45) is 1.99. The van der Waals surface area contributed by atoms with Crippen LogP contribution in [0.4, 0.5) is 5.69 Å². The van der Waals surface area contributed by atoms with Crippen molar-refractivity contribution in [3.05, 3.63) is 58.4 Å². The van der Waals surface area contributed by atoms with Gasteiger partial charge in [-0.2, -0.15) is 0 Å². The molecule has 0 unspecified atom stereocenters. The van der Waals surface area contributed by atoms with Gasteiger partial charge < -0.3 is 5.32 Å². The molecule has 0 saturated heterocycles. The molecule has 0 bridgehead atoms. The molecule has 1 aromatic heterocycles. The summed E-state index contributed by atoms with van der Waals surface area (Å²) < 4.78 is 0. The number of hydrogen-bond donors (Lipinski definition) is 1. The quantitative estimate of drug-likeness (QED) is 0.870. The second kappa shape index (κ2) is 5.85. The summed E-state index contributed by atoms with van der Waals surface area (Å²) in [6, 6.07) is 9.69. The third-order valence-corrected chi connectivity index (χ3v) is 3.04. The molecule has 19 heavy (non-hydrogen) atoms. The maximum atomic E-state index is 11.9. The molecule has 1 N–H and O–H groups in total. The molecule has 98 valence electrons. The van der Waals surface area contributed by atoms with Crippen LogP contribution in [0.2, 0.25) is 5.15 Å². The van der Waals surface area contributed by atoms with Crippen LogP contribution in [0.5, 0.6) is 0 Å².